The van der Waals surface area contributed by atoms with Gasteiger partial charge in [-0.1, -0.05) is 24.3 Å². The zero-order valence-corrected chi connectivity index (χ0v) is 11.5. The highest BCUT2D eigenvalue weighted by Crippen LogP contribution is 2.24. The van der Waals surface area contributed by atoms with Crippen LogP contribution in [0.15, 0.2) is 65.4 Å². The third-order valence-electron chi connectivity index (χ3n) is 2.84. The molecule has 0 unspecified atom stereocenters. The molecule has 2 aromatic carbocycles. The van der Waals surface area contributed by atoms with Crippen molar-refractivity contribution in [1.29, 1.82) is 0 Å². The standard InChI is InChI=1S/C15H10BrFN2/c16-14-6-1-2-7-15(14)19-10-12(9-18-19)11-4-3-5-13(17)8-11/h1-10H. The summed E-state index contributed by atoms with van der Waals surface area (Å²) in [5.41, 5.74) is 2.65. The Morgan fingerprint density at radius 3 is 2.63 bits per heavy atom. The van der Waals surface area contributed by atoms with Gasteiger partial charge in [-0.05, 0) is 45.8 Å². The van der Waals surface area contributed by atoms with Crippen molar-refractivity contribution in [2.45, 2.75) is 0 Å². The maximum Gasteiger partial charge on any atom is 0.123 e. The molecule has 94 valence electrons. The van der Waals surface area contributed by atoms with Gasteiger partial charge in [-0.25, -0.2) is 9.07 Å². The summed E-state index contributed by atoms with van der Waals surface area (Å²) in [6.07, 6.45) is 3.61. The SMILES string of the molecule is Fc1cccc(-c2cnn(-c3ccccc3Br)c2)c1. The van der Waals surface area contributed by atoms with Gasteiger partial charge < -0.3 is 0 Å². The lowest BCUT2D eigenvalue weighted by Crippen LogP contribution is -1.94. The molecule has 0 atom stereocenters. The molecule has 0 aliphatic heterocycles. The number of hydrogen-bond donors (Lipinski definition) is 0. The van der Waals surface area contributed by atoms with Crippen LogP contribution in [0, 0.1) is 5.82 Å². The topological polar surface area (TPSA) is 17.8 Å². The van der Waals surface area contributed by atoms with Crippen molar-refractivity contribution < 1.29 is 4.39 Å². The van der Waals surface area contributed by atoms with Crippen molar-refractivity contribution in [3.63, 3.8) is 0 Å². The highest BCUT2D eigenvalue weighted by molar-refractivity contribution is 9.10. The fraction of sp³-hybridized carbons (Fsp3) is 0. The lowest BCUT2D eigenvalue weighted by atomic mass is 10.1. The number of nitrogens with zero attached hydrogens (tertiary/aromatic N) is 2. The van der Waals surface area contributed by atoms with E-state index in [9.17, 15) is 4.39 Å². The monoisotopic (exact) mass is 316 g/mol. The van der Waals surface area contributed by atoms with Crippen LogP contribution in [0.25, 0.3) is 16.8 Å². The average Bonchev–Trinajstić information content (AvgIpc) is 2.89. The van der Waals surface area contributed by atoms with Crippen molar-refractivity contribution in [3.8, 4) is 16.8 Å². The van der Waals surface area contributed by atoms with E-state index in [1.165, 1.54) is 12.1 Å². The third kappa shape index (κ3) is 2.44. The van der Waals surface area contributed by atoms with E-state index in [0.29, 0.717) is 0 Å². The number of aromatic nitrogens is 2. The first-order valence-corrected chi connectivity index (χ1v) is 6.59. The molecule has 0 aliphatic rings. The highest BCUT2D eigenvalue weighted by atomic mass is 79.9. The van der Waals surface area contributed by atoms with Gasteiger partial charge in [0.05, 0.1) is 11.9 Å². The normalized spacial score (nSPS) is 10.6. The average molecular weight is 317 g/mol. The van der Waals surface area contributed by atoms with Gasteiger partial charge in [0.1, 0.15) is 5.82 Å². The van der Waals surface area contributed by atoms with Gasteiger partial charge in [0, 0.05) is 16.2 Å². The van der Waals surface area contributed by atoms with E-state index in [4.69, 9.17) is 0 Å². The number of hydrogen-bond acceptors (Lipinski definition) is 1. The molecule has 0 fully saturated rings. The Morgan fingerprint density at radius 2 is 1.84 bits per heavy atom. The number of para-hydroxylation sites is 1. The minimum Gasteiger partial charge on any atom is -0.239 e. The van der Waals surface area contributed by atoms with Gasteiger partial charge in [-0.15, -0.1) is 0 Å². The van der Waals surface area contributed by atoms with Crippen LogP contribution in [0.2, 0.25) is 0 Å². The second-order valence-corrected chi connectivity index (χ2v) is 4.99. The molecule has 0 N–H and O–H groups in total. The Bertz CT molecular complexity index is 721. The summed E-state index contributed by atoms with van der Waals surface area (Å²) in [5, 5.41) is 4.32. The van der Waals surface area contributed by atoms with Crippen LogP contribution in [0.3, 0.4) is 0 Å². The maximum absolute atomic E-state index is 13.2. The predicted octanol–water partition coefficient (Wildman–Crippen LogP) is 4.44. The lowest BCUT2D eigenvalue weighted by molar-refractivity contribution is 0.628. The van der Waals surface area contributed by atoms with E-state index in [1.807, 2.05) is 36.5 Å². The first-order chi connectivity index (χ1) is 9.24. The largest absolute Gasteiger partial charge is 0.239 e. The molecule has 19 heavy (non-hydrogen) atoms. The summed E-state index contributed by atoms with van der Waals surface area (Å²) in [6.45, 7) is 0. The van der Waals surface area contributed by atoms with Crippen LogP contribution in [-0.2, 0) is 0 Å². The molecule has 0 spiro atoms. The quantitative estimate of drug-likeness (QED) is 0.683. The second kappa shape index (κ2) is 4.97. The fourth-order valence-electron chi connectivity index (χ4n) is 1.91. The molecular weight excluding hydrogens is 307 g/mol. The van der Waals surface area contributed by atoms with Crippen molar-refractivity contribution in [1.82, 2.24) is 9.78 Å². The molecule has 1 aromatic heterocycles. The Kier molecular flexibility index (Phi) is 3.17. The third-order valence-corrected chi connectivity index (χ3v) is 3.51. The first kappa shape index (κ1) is 12.1. The maximum atomic E-state index is 13.2. The van der Waals surface area contributed by atoms with E-state index in [1.54, 1.807) is 16.9 Å². The highest BCUT2D eigenvalue weighted by Gasteiger charge is 2.06. The molecule has 4 heteroatoms. The van der Waals surface area contributed by atoms with Gasteiger partial charge in [0.25, 0.3) is 0 Å². The molecule has 1 heterocycles. The smallest absolute Gasteiger partial charge is 0.123 e. The van der Waals surface area contributed by atoms with Crippen molar-refractivity contribution in [3.05, 3.63) is 71.2 Å². The van der Waals surface area contributed by atoms with Crippen LogP contribution in [0.1, 0.15) is 0 Å². The second-order valence-electron chi connectivity index (χ2n) is 4.14. The lowest BCUT2D eigenvalue weighted by Gasteiger charge is -2.03. The molecule has 0 aliphatic carbocycles. The Morgan fingerprint density at radius 1 is 1.00 bits per heavy atom. The summed E-state index contributed by atoms with van der Waals surface area (Å²) >= 11 is 3.49. The molecule has 0 saturated heterocycles. The molecular formula is C15H10BrFN2. The van der Waals surface area contributed by atoms with Gasteiger partial charge in [-0.2, -0.15) is 5.10 Å². The minimum atomic E-state index is -0.244. The summed E-state index contributed by atoms with van der Waals surface area (Å²) in [5.74, 6) is -0.244. The van der Waals surface area contributed by atoms with Gasteiger partial charge in [0.2, 0.25) is 0 Å². The van der Waals surface area contributed by atoms with Crippen molar-refractivity contribution in [2.24, 2.45) is 0 Å². The van der Waals surface area contributed by atoms with Crippen LogP contribution < -0.4 is 0 Å². The molecule has 2 nitrogen and oxygen atoms in total. The molecule has 3 rings (SSSR count). The number of rotatable bonds is 2. The van der Waals surface area contributed by atoms with Crippen molar-refractivity contribution >= 4 is 15.9 Å². The summed E-state index contributed by atoms with van der Waals surface area (Å²) in [4.78, 5) is 0. The van der Waals surface area contributed by atoms with Gasteiger partial charge in [-0.3, -0.25) is 0 Å². The minimum absolute atomic E-state index is 0.244. The molecule has 0 amide bonds. The Labute approximate surface area is 118 Å². The molecule has 3 aromatic rings. The van der Waals surface area contributed by atoms with E-state index in [2.05, 4.69) is 21.0 Å². The van der Waals surface area contributed by atoms with Crippen LogP contribution in [0.4, 0.5) is 4.39 Å². The van der Waals surface area contributed by atoms with E-state index in [0.717, 1.165) is 21.3 Å². The predicted molar refractivity (Wildman–Crippen MR) is 76.7 cm³/mol. The Hall–Kier alpha value is -1.94. The first-order valence-electron chi connectivity index (χ1n) is 5.79. The van der Waals surface area contributed by atoms with Crippen LogP contribution in [-0.4, -0.2) is 9.78 Å². The summed E-state index contributed by atoms with van der Waals surface area (Å²) < 4.78 is 15.9. The molecule has 0 radical (unpaired) electrons. The zero-order chi connectivity index (χ0) is 13.2. The number of benzene rings is 2. The van der Waals surface area contributed by atoms with E-state index < -0.39 is 0 Å². The van der Waals surface area contributed by atoms with Crippen LogP contribution in [0.5, 0.6) is 0 Å². The van der Waals surface area contributed by atoms with E-state index in [-0.39, 0.29) is 5.82 Å². The Balaban J connectivity index is 2.03. The van der Waals surface area contributed by atoms with Gasteiger partial charge in [0.15, 0.2) is 0 Å². The summed E-state index contributed by atoms with van der Waals surface area (Å²) in [7, 11) is 0. The zero-order valence-electron chi connectivity index (χ0n) is 9.92. The van der Waals surface area contributed by atoms with Crippen molar-refractivity contribution in [2.75, 3.05) is 0 Å². The van der Waals surface area contributed by atoms with E-state index >= 15 is 0 Å². The number of halogens is 2. The summed E-state index contributed by atoms with van der Waals surface area (Å²) in [6, 6.07) is 14.3. The fourth-order valence-corrected chi connectivity index (χ4v) is 2.38. The van der Waals surface area contributed by atoms with Gasteiger partial charge >= 0.3 is 0 Å². The molecule has 0 saturated carbocycles. The molecule has 0 bridgehead atoms. The van der Waals surface area contributed by atoms with Crippen LogP contribution >= 0.6 is 15.9 Å².